The number of ether oxygens (including phenoxy) is 1. The van der Waals surface area contributed by atoms with Gasteiger partial charge in [-0.15, -0.1) is 0 Å². The quantitative estimate of drug-likeness (QED) is 0.590. The van der Waals surface area contributed by atoms with E-state index in [0.717, 1.165) is 18.5 Å². The number of amides is 2. The number of halogens is 1. The SMILES string of the molecule is CCCC(=O)N1CCN(c2ccc(Cl)cc2NC(=O)c2cccc(O[C@@H](C)CC)c2)CC1. The Bertz CT molecular complexity index is 942. The number of carbonyl (C=O) groups is 2. The molecule has 3 rings (SSSR count). The highest BCUT2D eigenvalue weighted by atomic mass is 35.5. The van der Waals surface area contributed by atoms with E-state index >= 15 is 0 Å². The van der Waals surface area contributed by atoms with Gasteiger partial charge in [0.2, 0.25) is 5.91 Å². The molecule has 1 atom stereocenters. The summed E-state index contributed by atoms with van der Waals surface area (Å²) in [5.41, 5.74) is 2.08. The summed E-state index contributed by atoms with van der Waals surface area (Å²) in [5, 5.41) is 3.56. The first-order valence-electron chi connectivity index (χ1n) is 11.3. The van der Waals surface area contributed by atoms with E-state index in [-0.39, 0.29) is 17.9 Å². The number of nitrogens with one attached hydrogen (secondary N) is 1. The molecule has 1 aliphatic heterocycles. The standard InChI is InChI=1S/C25H32ClN3O3/c1-4-7-24(30)29-14-12-28(13-15-29)23-11-10-20(26)17-22(23)27-25(31)19-8-6-9-21(16-19)32-18(3)5-2/h6,8-11,16-18H,4-5,7,12-15H2,1-3H3,(H,27,31)/t18-/m0/s1. The zero-order valence-corrected chi connectivity index (χ0v) is 19.8. The van der Waals surface area contributed by atoms with Gasteiger partial charge in [-0.05, 0) is 56.2 Å². The molecule has 2 amide bonds. The predicted octanol–water partition coefficient (Wildman–Crippen LogP) is 5.22. The van der Waals surface area contributed by atoms with E-state index in [0.29, 0.717) is 54.6 Å². The van der Waals surface area contributed by atoms with Crippen molar-refractivity contribution in [3.63, 3.8) is 0 Å². The first-order valence-corrected chi connectivity index (χ1v) is 11.7. The van der Waals surface area contributed by atoms with Crippen molar-refractivity contribution < 1.29 is 14.3 Å². The van der Waals surface area contributed by atoms with Crippen LogP contribution in [-0.4, -0.2) is 49.0 Å². The lowest BCUT2D eigenvalue weighted by Crippen LogP contribution is -2.48. The predicted molar refractivity (Wildman–Crippen MR) is 130 cm³/mol. The summed E-state index contributed by atoms with van der Waals surface area (Å²) >= 11 is 6.24. The molecule has 0 radical (unpaired) electrons. The van der Waals surface area contributed by atoms with E-state index in [1.165, 1.54) is 0 Å². The maximum absolute atomic E-state index is 13.0. The molecular weight excluding hydrogens is 426 g/mol. The summed E-state index contributed by atoms with van der Waals surface area (Å²) in [6.45, 7) is 8.83. The molecule has 0 spiro atoms. The fourth-order valence-electron chi connectivity index (χ4n) is 3.67. The summed E-state index contributed by atoms with van der Waals surface area (Å²) in [6.07, 6.45) is 2.41. The van der Waals surface area contributed by atoms with Gasteiger partial charge >= 0.3 is 0 Å². The Morgan fingerprint density at radius 1 is 1.09 bits per heavy atom. The lowest BCUT2D eigenvalue weighted by Gasteiger charge is -2.37. The monoisotopic (exact) mass is 457 g/mol. The van der Waals surface area contributed by atoms with E-state index < -0.39 is 0 Å². The van der Waals surface area contributed by atoms with E-state index in [2.05, 4.69) is 17.1 Å². The molecule has 0 bridgehead atoms. The van der Waals surface area contributed by atoms with E-state index in [1.807, 2.05) is 43.0 Å². The van der Waals surface area contributed by atoms with Crippen LogP contribution in [0.3, 0.4) is 0 Å². The van der Waals surface area contributed by atoms with Crippen LogP contribution in [0.2, 0.25) is 5.02 Å². The van der Waals surface area contributed by atoms with Crippen LogP contribution < -0.4 is 15.0 Å². The molecule has 32 heavy (non-hydrogen) atoms. The van der Waals surface area contributed by atoms with Crippen LogP contribution in [0.4, 0.5) is 11.4 Å². The Labute approximate surface area is 195 Å². The Hall–Kier alpha value is -2.73. The number of hydrogen-bond acceptors (Lipinski definition) is 4. The van der Waals surface area contributed by atoms with Gasteiger partial charge in [0.05, 0.1) is 17.5 Å². The fraction of sp³-hybridized carbons (Fsp3) is 0.440. The highest BCUT2D eigenvalue weighted by molar-refractivity contribution is 6.31. The number of piperazine rings is 1. The summed E-state index contributed by atoms with van der Waals surface area (Å²) in [4.78, 5) is 29.3. The molecule has 0 unspecified atom stereocenters. The summed E-state index contributed by atoms with van der Waals surface area (Å²) in [7, 11) is 0. The van der Waals surface area contributed by atoms with Crippen molar-refractivity contribution in [2.24, 2.45) is 0 Å². The Balaban J connectivity index is 1.73. The van der Waals surface area contributed by atoms with Crippen LogP contribution in [0.25, 0.3) is 0 Å². The van der Waals surface area contributed by atoms with Crippen LogP contribution in [0, 0.1) is 0 Å². The second-order valence-corrected chi connectivity index (χ2v) is 8.53. The largest absolute Gasteiger partial charge is 0.491 e. The molecule has 0 aromatic heterocycles. The average Bonchev–Trinajstić information content (AvgIpc) is 2.79. The third-order valence-electron chi connectivity index (χ3n) is 5.65. The van der Waals surface area contributed by atoms with Crippen LogP contribution in [0.15, 0.2) is 42.5 Å². The van der Waals surface area contributed by atoms with E-state index in [4.69, 9.17) is 16.3 Å². The van der Waals surface area contributed by atoms with Gasteiger partial charge in [0.1, 0.15) is 5.75 Å². The minimum Gasteiger partial charge on any atom is -0.491 e. The highest BCUT2D eigenvalue weighted by Crippen LogP contribution is 2.31. The van der Waals surface area contributed by atoms with Crippen molar-refractivity contribution in [3.05, 3.63) is 53.1 Å². The van der Waals surface area contributed by atoms with E-state index in [9.17, 15) is 9.59 Å². The molecule has 1 aliphatic rings. The van der Waals surface area contributed by atoms with Gasteiger partial charge in [0, 0.05) is 43.2 Å². The minimum absolute atomic E-state index is 0.0794. The zero-order valence-electron chi connectivity index (χ0n) is 19.1. The zero-order chi connectivity index (χ0) is 23.1. The first-order chi connectivity index (χ1) is 15.4. The lowest BCUT2D eigenvalue weighted by molar-refractivity contribution is -0.131. The van der Waals surface area contributed by atoms with Crippen molar-refractivity contribution in [1.29, 1.82) is 0 Å². The molecule has 172 valence electrons. The molecule has 1 fully saturated rings. The summed E-state index contributed by atoms with van der Waals surface area (Å²) in [6, 6.07) is 12.7. The molecule has 1 heterocycles. The number of anilines is 2. The molecule has 2 aromatic carbocycles. The number of hydrogen-bond donors (Lipinski definition) is 1. The van der Waals surface area contributed by atoms with Crippen molar-refractivity contribution >= 4 is 34.8 Å². The van der Waals surface area contributed by atoms with Crippen LogP contribution in [0.5, 0.6) is 5.75 Å². The molecule has 2 aromatic rings. The number of nitrogens with zero attached hydrogens (tertiary/aromatic N) is 2. The van der Waals surface area contributed by atoms with Crippen LogP contribution >= 0.6 is 11.6 Å². The molecule has 6 nitrogen and oxygen atoms in total. The first kappa shape index (κ1) is 23.9. The maximum Gasteiger partial charge on any atom is 0.255 e. The second-order valence-electron chi connectivity index (χ2n) is 8.10. The summed E-state index contributed by atoms with van der Waals surface area (Å²) in [5.74, 6) is 0.655. The van der Waals surface area contributed by atoms with Gasteiger partial charge in [-0.3, -0.25) is 9.59 Å². The van der Waals surface area contributed by atoms with Crippen LogP contribution in [0.1, 0.15) is 50.4 Å². The second kappa shape index (κ2) is 11.2. The van der Waals surface area contributed by atoms with Gasteiger partial charge in [-0.1, -0.05) is 31.5 Å². The number of rotatable bonds is 8. The van der Waals surface area contributed by atoms with Crippen LogP contribution in [-0.2, 0) is 4.79 Å². The maximum atomic E-state index is 13.0. The third-order valence-corrected chi connectivity index (χ3v) is 5.89. The Kier molecular flexibility index (Phi) is 8.39. The topological polar surface area (TPSA) is 61.9 Å². The van der Waals surface area contributed by atoms with Crippen molar-refractivity contribution in [3.8, 4) is 5.75 Å². The number of benzene rings is 2. The lowest BCUT2D eigenvalue weighted by atomic mass is 10.1. The highest BCUT2D eigenvalue weighted by Gasteiger charge is 2.23. The molecule has 0 saturated carbocycles. The van der Waals surface area contributed by atoms with Gasteiger partial charge in [0.15, 0.2) is 0 Å². The minimum atomic E-state index is -0.222. The van der Waals surface area contributed by atoms with Crippen molar-refractivity contribution in [2.75, 3.05) is 36.4 Å². The van der Waals surface area contributed by atoms with Gasteiger partial charge in [-0.25, -0.2) is 0 Å². The van der Waals surface area contributed by atoms with Crippen molar-refractivity contribution in [2.45, 2.75) is 46.1 Å². The molecule has 1 saturated heterocycles. The third kappa shape index (κ3) is 6.16. The smallest absolute Gasteiger partial charge is 0.255 e. The molecule has 7 heteroatoms. The van der Waals surface area contributed by atoms with Gasteiger partial charge in [0.25, 0.3) is 5.91 Å². The van der Waals surface area contributed by atoms with Gasteiger partial charge < -0.3 is 19.9 Å². The average molecular weight is 458 g/mol. The van der Waals surface area contributed by atoms with Gasteiger partial charge in [-0.2, -0.15) is 0 Å². The Morgan fingerprint density at radius 3 is 2.53 bits per heavy atom. The molecule has 1 N–H and O–H groups in total. The fourth-order valence-corrected chi connectivity index (χ4v) is 3.85. The Morgan fingerprint density at radius 2 is 1.84 bits per heavy atom. The van der Waals surface area contributed by atoms with Crippen molar-refractivity contribution in [1.82, 2.24) is 4.90 Å². The number of carbonyl (C=O) groups excluding carboxylic acids is 2. The summed E-state index contributed by atoms with van der Waals surface area (Å²) < 4.78 is 5.85. The normalized spacial score (nSPS) is 14.8. The molecule has 0 aliphatic carbocycles. The van der Waals surface area contributed by atoms with E-state index in [1.54, 1.807) is 18.2 Å². The molecular formula is C25H32ClN3O3.